The highest BCUT2D eigenvalue weighted by Crippen LogP contribution is 2.24. The molecule has 0 saturated heterocycles. The molecule has 0 aromatic heterocycles. The van der Waals surface area contributed by atoms with E-state index in [0.717, 1.165) is 12.1 Å². The quantitative estimate of drug-likeness (QED) is 0.849. The Hall–Kier alpha value is -2.60. The topological polar surface area (TPSA) is 67.4 Å². The lowest BCUT2D eigenvalue weighted by Crippen LogP contribution is -2.43. The van der Waals surface area contributed by atoms with Gasteiger partial charge in [-0.2, -0.15) is 0 Å². The summed E-state index contributed by atoms with van der Waals surface area (Å²) in [5.41, 5.74) is 4.86. The molecule has 0 bridgehead atoms. The molecule has 2 N–H and O–H groups in total. The van der Waals surface area contributed by atoms with Gasteiger partial charge in [-0.05, 0) is 30.3 Å². The summed E-state index contributed by atoms with van der Waals surface area (Å²) in [5.74, 6) is -1.36. The van der Waals surface area contributed by atoms with Crippen molar-refractivity contribution in [3.05, 3.63) is 64.9 Å². The number of hydrogen-bond donors (Lipinski definition) is 2. The van der Waals surface area contributed by atoms with Crippen molar-refractivity contribution in [3.8, 4) is 5.75 Å². The van der Waals surface area contributed by atoms with Crippen LogP contribution in [0.5, 0.6) is 5.75 Å². The van der Waals surface area contributed by atoms with Crippen LogP contribution in [-0.2, 0) is 4.79 Å². The third-order valence-corrected chi connectivity index (χ3v) is 2.90. The van der Waals surface area contributed by atoms with Gasteiger partial charge in [-0.3, -0.25) is 20.4 Å². The van der Waals surface area contributed by atoms with Crippen molar-refractivity contribution in [2.45, 2.75) is 0 Å². The van der Waals surface area contributed by atoms with E-state index in [9.17, 15) is 14.0 Å². The first-order valence-corrected chi connectivity index (χ1v) is 6.66. The molecule has 7 heteroatoms. The number of hydrogen-bond acceptors (Lipinski definition) is 3. The highest BCUT2D eigenvalue weighted by molar-refractivity contribution is 6.32. The second-order valence-electron chi connectivity index (χ2n) is 4.23. The van der Waals surface area contributed by atoms with Gasteiger partial charge in [0, 0.05) is 5.56 Å². The Kier molecular flexibility index (Phi) is 5.32. The fraction of sp³-hybridized carbons (Fsp3) is 0.0667. The number of carbonyl (C=O) groups excluding carboxylic acids is 2. The zero-order chi connectivity index (χ0) is 15.9. The molecule has 0 heterocycles. The van der Waals surface area contributed by atoms with E-state index in [0.29, 0.717) is 5.56 Å². The van der Waals surface area contributed by atoms with E-state index in [1.54, 1.807) is 30.3 Å². The number of halogens is 2. The van der Waals surface area contributed by atoms with E-state index >= 15 is 0 Å². The molecule has 0 unspecified atom stereocenters. The Labute approximate surface area is 131 Å². The Morgan fingerprint density at radius 3 is 2.50 bits per heavy atom. The lowest BCUT2D eigenvalue weighted by atomic mass is 10.2. The van der Waals surface area contributed by atoms with Crippen LogP contribution < -0.4 is 15.6 Å². The van der Waals surface area contributed by atoms with Crippen LogP contribution >= 0.6 is 11.6 Å². The minimum absolute atomic E-state index is 0.0566. The lowest BCUT2D eigenvalue weighted by Gasteiger charge is -2.09. The summed E-state index contributed by atoms with van der Waals surface area (Å²) in [4.78, 5) is 23.2. The van der Waals surface area contributed by atoms with Gasteiger partial charge < -0.3 is 4.74 Å². The van der Waals surface area contributed by atoms with E-state index in [1.165, 1.54) is 6.07 Å². The summed E-state index contributed by atoms with van der Waals surface area (Å²) in [6.45, 7) is -0.375. The van der Waals surface area contributed by atoms with E-state index in [-0.39, 0.29) is 17.4 Å². The number of nitrogens with one attached hydrogen (secondary N) is 2. The van der Waals surface area contributed by atoms with Gasteiger partial charge in [0.15, 0.2) is 6.61 Å². The number of rotatable bonds is 4. The first-order chi connectivity index (χ1) is 10.6. The molecule has 0 spiro atoms. The molecule has 5 nitrogen and oxygen atoms in total. The van der Waals surface area contributed by atoms with Crippen molar-refractivity contribution in [3.63, 3.8) is 0 Å². The molecule has 2 amide bonds. The summed E-state index contributed by atoms with van der Waals surface area (Å²) in [6.07, 6.45) is 0. The maximum atomic E-state index is 12.9. The van der Waals surface area contributed by atoms with Crippen LogP contribution in [0.3, 0.4) is 0 Å². The van der Waals surface area contributed by atoms with Gasteiger partial charge in [0.2, 0.25) is 0 Å². The number of benzene rings is 2. The molecule has 2 aromatic rings. The van der Waals surface area contributed by atoms with Crippen molar-refractivity contribution >= 4 is 23.4 Å². The third-order valence-electron chi connectivity index (χ3n) is 2.60. The molecule has 0 aliphatic carbocycles. The van der Waals surface area contributed by atoms with Crippen molar-refractivity contribution in [2.75, 3.05) is 6.61 Å². The van der Waals surface area contributed by atoms with Gasteiger partial charge >= 0.3 is 0 Å². The molecule has 0 aliphatic heterocycles. The van der Waals surface area contributed by atoms with Crippen LogP contribution in [0.25, 0.3) is 0 Å². The van der Waals surface area contributed by atoms with Crippen molar-refractivity contribution < 1.29 is 18.7 Å². The molecule has 114 valence electrons. The van der Waals surface area contributed by atoms with Crippen LogP contribution in [0.15, 0.2) is 48.5 Å². The van der Waals surface area contributed by atoms with E-state index < -0.39 is 17.6 Å². The highest BCUT2D eigenvalue weighted by Gasteiger charge is 2.09. The number of hydrazine groups is 1. The van der Waals surface area contributed by atoms with Crippen LogP contribution in [-0.4, -0.2) is 18.4 Å². The SMILES string of the molecule is O=C(COc1ccc(F)cc1Cl)NNC(=O)c1ccccc1. The molecule has 0 atom stereocenters. The molecule has 0 radical (unpaired) electrons. The Morgan fingerprint density at radius 2 is 1.82 bits per heavy atom. The fourth-order valence-corrected chi connectivity index (χ4v) is 1.78. The fourth-order valence-electron chi connectivity index (χ4n) is 1.56. The molecular weight excluding hydrogens is 311 g/mol. The highest BCUT2D eigenvalue weighted by atomic mass is 35.5. The minimum atomic E-state index is -0.579. The first-order valence-electron chi connectivity index (χ1n) is 6.28. The first kappa shape index (κ1) is 15.8. The minimum Gasteiger partial charge on any atom is -0.482 e. The van der Waals surface area contributed by atoms with Gasteiger partial charge in [0.25, 0.3) is 11.8 Å². The smallest absolute Gasteiger partial charge is 0.276 e. The summed E-state index contributed by atoms with van der Waals surface area (Å²) in [5, 5.41) is 0.0566. The third kappa shape index (κ3) is 4.46. The van der Waals surface area contributed by atoms with Crippen molar-refractivity contribution in [2.24, 2.45) is 0 Å². The maximum absolute atomic E-state index is 12.9. The van der Waals surface area contributed by atoms with Gasteiger partial charge in [-0.1, -0.05) is 29.8 Å². The van der Waals surface area contributed by atoms with Crippen LogP contribution in [0, 0.1) is 5.82 Å². The van der Waals surface area contributed by atoms with Gasteiger partial charge in [0.05, 0.1) is 5.02 Å². The molecule has 0 fully saturated rings. The normalized spacial score (nSPS) is 9.91. The summed E-state index contributed by atoms with van der Waals surface area (Å²) in [7, 11) is 0. The molecule has 0 saturated carbocycles. The van der Waals surface area contributed by atoms with Gasteiger partial charge in [-0.25, -0.2) is 4.39 Å². The lowest BCUT2D eigenvalue weighted by molar-refractivity contribution is -0.123. The van der Waals surface area contributed by atoms with Crippen molar-refractivity contribution in [1.29, 1.82) is 0 Å². The Morgan fingerprint density at radius 1 is 1.09 bits per heavy atom. The van der Waals surface area contributed by atoms with Crippen LogP contribution in [0.2, 0.25) is 5.02 Å². The summed E-state index contributed by atoms with van der Waals surface area (Å²) < 4.78 is 18.0. The Balaban J connectivity index is 1.80. The Bertz CT molecular complexity index is 680. The summed E-state index contributed by atoms with van der Waals surface area (Å²) >= 11 is 5.75. The predicted molar refractivity (Wildman–Crippen MR) is 79.0 cm³/mol. The average Bonchev–Trinajstić information content (AvgIpc) is 2.52. The standard InChI is InChI=1S/C15H12ClFN2O3/c16-12-8-11(17)6-7-13(12)22-9-14(20)18-19-15(21)10-4-2-1-3-5-10/h1-8H,9H2,(H,18,20)(H,19,21). The second kappa shape index (κ2) is 7.42. The molecule has 2 rings (SSSR count). The number of carbonyl (C=O) groups is 2. The predicted octanol–water partition coefficient (Wildman–Crippen LogP) is 2.32. The number of amides is 2. The molecule has 2 aromatic carbocycles. The van der Waals surface area contributed by atoms with Crippen LogP contribution in [0.4, 0.5) is 4.39 Å². The van der Waals surface area contributed by atoms with E-state index in [1.807, 2.05) is 0 Å². The zero-order valence-electron chi connectivity index (χ0n) is 11.3. The van der Waals surface area contributed by atoms with E-state index in [4.69, 9.17) is 16.3 Å². The molecule has 0 aliphatic rings. The van der Waals surface area contributed by atoms with Crippen LogP contribution in [0.1, 0.15) is 10.4 Å². The van der Waals surface area contributed by atoms with E-state index in [2.05, 4.69) is 10.9 Å². The monoisotopic (exact) mass is 322 g/mol. The second-order valence-corrected chi connectivity index (χ2v) is 4.64. The zero-order valence-corrected chi connectivity index (χ0v) is 12.1. The van der Waals surface area contributed by atoms with Gasteiger partial charge in [0.1, 0.15) is 11.6 Å². The molecule has 22 heavy (non-hydrogen) atoms. The summed E-state index contributed by atoms with van der Waals surface area (Å²) in [6, 6.07) is 11.9. The maximum Gasteiger partial charge on any atom is 0.276 e. The molecular formula is C15H12ClFN2O3. The van der Waals surface area contributed by atoms with Crippen molar-refractivity contribution in [1.82, 2.24) is 10.9 Å². The number of ether oxygens (including phenoxy) is 1. The largest absolute Gasteiger partial charge is 0.482 e. The van der Waals surface area contributed by atoms with Gasteiger partial charge in [-0.15, -0.1) is 0 Å². The average molecular weight is 323 g/mol.